The van der Waals surface area contributed by atoms with Crippen LogP contribution in [0.5, 0.6) is 0 Å². The number of nitrogens with zero attached hydrogens (tertiary/aromatic N) is 1. The van der Waals surface area contributed by atoms with E-state index in [2.05, 4.69) is 12.2 Å². The fourth-order valence-electron chi connectivity index (χ4n) is 3.03. The van der Waals surface area contributed by atoms with Gasteiger partial charge in [-0.25, -0.2) is 4.79 Å². The number of amides is 1. The lowest BCUT2D eigenvalue weighted by molar-refractivity contribution is 0.0156. The molecule has 1 N–H and O–H groups in total. The minimum Gasteiger partial charge on any atom is -0.444 e. The largest absolute Gasteiger partial charge is 0.444 e. The molecule has 0 aromatic rings. The monoisotopic (exact) mass is 254 g/mol. The lowest BCUT2D eigenvalue weighted by Gasteiger charge is -2.40. The van der Waals surface area contributed by atoms with Gasteiger partial charge in [0.15, 0.2) is 0 Å². The molecule has 4 nitrogen and oxygen atoms in total. The number of hydrogen-bond donors (Lipinski definition) is 1. The molecular formula is C14H26N2O2. The predicted octanol–water partition coefficient (Wildman–Crippen LogP) is 2.39. The van der Waals surface area contributed by atoms with Gasteiger partial charge in [-0.3, -0.25) is 0 Å². The van der Waals surface area contributed by atoms with Gasteiger partial charge in [0.05, 0.1) is 0 Å². The van der Waals surface area contributed by atoms with E-state index in [0.717, 1.165) is 38.4 Å². The fraction of sp³-hybridized carbons (Fsp3) is 0.929. The Bertz CT molecular complexity index is 314. The molecular weight excluding hydrogens is 228 g/mol. The molecule has 0 radical (unpaired) electrons. The molecule has 2 fully saturated rings. The Labute approximate surface area is 110 Å². The molecule has 0 bridgehead atoms. The zero-order chi connectivity index (χ0) is 13.4. The lowest BCUT2D eigenvalue weighted by Crippen LogP contribution is -2.52. The van der Waals surface area contributed by atoms with E-state index in [1.54, 1.807) is 0 Å². The molecule has 0 saturated carbocycles. The molecule has 0 aromatic carbocycles. The van der Waals surface area contributed by atoms with Crippen molar-refractivity contribution in [1.82, 2.24) is 10.2 Å². The highest BCUT2D eigenvalue weighted by molar-refractivity contribution is 5.68. The van der Waals surface area contributed by atoms with Crippen LogP contribution in [-0.2, 0) is 4.74 Å². The Morgan fingerprint density at radius 2 is 1.94 bits per heavy atom. The third-order valence-electron chi connectivity index (χ3n) is 3.94. The van der Waals surface area contributed by atoms with E-state index in [1.165, 1.54) is 6.42 Å². The third-order valence-corrected chi connectivity index (χ3v) is 3.94. The van der Waals surface area contributed by atoms with Crippen LogP contribution in [0, 0.1) is 5.92 Å². The molecule has 104 valence electrons. The van der Waals surface area contributed by atoms with E-state index in [9.17, 15) is 4.79 Å². The van der Waals surface area contributed by atoms with Gasteiger partial charge in [-0.15, -0.1) is 0 Å². The van der Waals surface area contributed by atoms with Crippen LogP contribution in [0.4, 0.5) is 4.79 Å². The molecule has 2 saturated heterocycles. The summed E-state index contributed by atoms with van der Waals surface area (Å²) in [5.74, 6) is 0.762. The molecule has 1 unspecified atom stereocenters. The summed E-state index contributed by atoms with van der Waals surface area (Å²) < 4.78 is 5.42. The second kappa shape index (κ2) is 4.72. The molecule has 1 atom stereocenters. The van der Waals surface area contributed by atoms with Crippen LogP contribution >= 0.6 is 0 Å². The first kappa shape index (κ1) is 13.7. The quantitative estimate of drug-likeness (QED) is 0.721. The summed E-state index contributed by atoms with van der Waals surface area (Å²) in [6.45, 7) is 10.8. The van der Waals surface area contributed by atoms with Crippen molar-refractivity contribution in [2.45, 2.75) is 58.1 Å². The number of carbonyl (C=O) groups is 1. The van der Waals surface area contributed by atoms with Crippen LogP contribution in [0.15, 0.2) is 0 Å². The Hall–Kier alpha value is -0.770. The van der Waals surface area contributed by atoms with Gasteiger partial charge in [0.2, 0.25) is 0 Å². The maximum Gasteiger partial charge on any atom is 0.410 e. The van der Waals surface area contributed by atoms with Gasteiger partial charge in [0.1, 0.15) is 5.60 Å². The zero-order valence-electron chi connectivity index (χ0n) is 12.1. The molecule has 2 rings (SSSR count). The molecule has 2 aliphatic rings. The highest BCUT2D eigenvalue weighted by Crippen LogP contribution is 2.33. The van der Waals surface area contributed by atoms with Gasteiger partial charge in [-0.05, 0) is 52.5 Å². The van der Waals surface area contributed by atoms with Crippen molar-refractivity contribution in [3.05, 3.63) is 0 Å². The molecule has 18 heavy (non-hydrogen) atoms. The normalized spacial score (nSPS) is 27.6. The second-order valence-corrected chi connectivity index (χ2v) is 6.94. The first-order valence-corrected chi connectivity index (χ1v) is 7.03. The maximum atomic E-state index is 12.0. The van der Waals surface area contributed by atoms with E-state index in [1.807, 2.05) is 25.7 Å². The Kier molecular flexibility index (Phi) is 3.58. The third kappa shape index (κ3) is 3.16. The molecule has 0 aromatic heterocycles. The van der Waals surface area contributed by atoms with Crippen molar-refractivity contribution in [1.29, 1.82) is 0 Å². The van der Waals surface area contributed by atoms with Crippen molar-refractivity contribution < 1.29 is 9.53 Å². The standard InChI is InChI=1S/C14H26N2O2/c1-11-9-14(15-10-11)5-7-16(8-6-14)12(17)18-13(2,3)4/h11,15H,5-10H2,1-4H3. The molecule has 0 aliphatic carbocycles. The SMILES string of the molecule is CC1CNC2(CCN(C(=O)OC(C)(C)C)CC2)C1. The van der Waals surface area contributed by atoms with E-state index in [4.69, 9.17) is 4.74 Å². The molecule has 2 heterocycles. The van der Waals surface area contributed by atoms with E-state index >= 15 is 0 Å². The van der Waals surface area contributed by atoms with Crippen molar-refractivity contribution in [3.63, 3.8) is 0 Å². The number of piperidine rings is 1. The van der Waals surface area contributed by atoms with Gasteiger partial charge in [-0.1, -0.05) is 6.92 Å². The topological polar surface area (TPSA) is 41.6 Å². The number of nitrogens with one attached hydrogen (secondary N) is 1. The number of likely N-dealkylation sites (tertiary alicyclic amines) is 1. The van der Waals surface area contributed by atoms with Gasteiger partial charge in [0.25, 0.3) is 0 Å². The van der Waals surface area contributed by atoms with Crippen LogP contribution in [0.2, 0.25) is 0 Å². The average molecular weight is 254 g/mol. The zero-order valence-corrected chi connectivity index (χ0v) is 12.1. The number of carbonyl (C=O) groups excluding carboxylic acids is 1. The highest BCUT2D eigenvalue weighted by Gasteiger charge is 2.41. The molecule has 4 heteroatoms. The number of ether oxygens (including phenoxy) is 1. The van der Waals surface area contributed by atoms with Gasteiger partial charge in [0, 0.05) is 18.6 Å². The van der Waals surface area contributed by atoms with Crippen molar-refractivity contribution in [2.75, 3.05) is 19.6 Å². The highest BCUT2D eigenvalue weighted by atomic mass is 16.6. The molecule has 1 amide bonds. The fourth-order valence-corrected chi connectivity index (χ4v) is 3.03. The first-order valence-electron chi connectivity index (χ1n) is 7.03. The van der Waals surface area contributed by atoms with Crippen LogP contribution in [0.1, 0.15) is 47.0 Å². The van der Waals surface area contributed by atoms with Crippen molar-refractivity contribution in [3.8, 4) is 0 Å². The molecule has 1 spiro atoms. The summed E-state index contributed by atoms with van der Waals surface area (Å²) in [6, 6.07) is 0. The van der Waals surface area contributed by atoms with E-state index in [0.29, 0.717) is 0 Å². The van der Waals surface area contributed by atoms with Crippen molar-refractivity contribution >= 4 is 6.09 Å². The number of rotatable bonds is 0. The van der Waals surface area contributed by atoms with E-state index < -0.39 is 5.60 Å². The van der Waals surface area contributed by atoms with Crippen LogP contribution in [-0.4, -0.2) is 41.8 Å². The summed E-state index contributed by atoms with van der Waals surface area (Å²) in [6.07, 6.45) is 3.19. The summed E-state index contributed by atoms with van der Waals surface area (Å²) in [5.41, 5.74) is -0.107. The average Bonchev–Trinajstić information content (AvgIpc) is 2.58. The van der Waals surface area contributed by atoms with Gasteiger partial charge in [-0.2, -0.15) is 0 Å². The van der Waals surface area contributed by atoms with Gasteiger partial charge >= 0.3 is 6.09 Å². The minimum absolute atomic E-state index is 0.164. The summed E-state index contributed by atoms with van der Waals surface area (Å²) in [7, 11) is 0. The summed E-state index contributed by atoms with van der Waals surface area (Å²) >= 11 is 0. The lowest BCUT2D eigenvalue weighted by atomic mass is 9.84. The van der Waals surface area contributed by atoms with Gasteiger partial charge < -0.3 is 15.0 Å². The maximum absolute atomic E-state index is 12.0. The van der Waals surface area contributed by atoms with Crippen molar-refractivity contribution in [2.24, 2.45) is 5.92 Å². The minimum atomic E-state index is -0.396. The van der Waals surface area contributed by atoms with Crippen LogP contribution in [0.3, 0.4) is 0 Å². The predicted molar refractivity (Wildman–Crippen MR) is 71.6 cm³/mol. The Morgan fingerprint density at radius 1 is 1.33 bits per heavy atom. The Balaban J connectivity index is 1.85. The van der Waals surface area contributed by atoms with E-state index in [-0.39, 0.29) is 11.6 Å². The summed E-state index contributed by atoms with van der Waals surface area (Å²) in [4.78, 5) is 13.8. The smallest absolute Gasteiger partial charge is 0.410 e. The second-order valence-electron chi connectivity index (χ2n) is 6.94. The van der Waals surface area contributed by atoms with Crippen LogP contribution < -0.4 is 5.32 Å². The summed E-state index contributed by atoms with van der Waals surface area (Å²) in [5, 5.41) is 3.65. The number of hydrogen-bond acceptors (Lipinski definition) is 3. The Morgan fingerprint density at radius 3 is 2.39 bits per heavy atom. The first-order chi connectivity index (χ1) is 8.30. The van der Waals surface area contributed by atoms with Crippen LogP contribution in [0.25, 0.3) is 0 Å². The molecule has 2 aliphatic heterocycles.